The Morgan fingerprint density at radius 3 is 2.62 bits per heavy atom. The van der Waals surface area contributed by atoms with Gasteiger partial charge < -0.3 is 10.1 Å². The summed E-state index contributed by atoms with van der Waals surface area (Å²) in [5.41, 5.74) is 7.92. The Balaban J connectivity index is 1.87. The van der Waals surface area contributed by atoms with Crippen molar-refractivity contribution in [1.29, 1.82) is 0 Å². The monoisotopic (exact) mass is 325 g/mol. The molecule has 5 nitrogen and oxygen atoms in total. The van der Waals surface area contributed by atoms with Crippen molar-refractivity contribution >= 4 is 17.8 Å². The molecule has 0 atom stereocenters. The van der Waals surface area contributed by atoms with Crippen LogP contribution in [-0.2, 0) is 4.79 Å². The van der Waals surface area contributed by atoms with Crippen molar-refractivity contribution in [3.8, 4) is 5.75 Å². The summed E-state index contributed by atoms with van der Waals surface area (Å²) in [5.74, 6) is 0.527. The largest absolute Gasteiger partial charge is 0.497 e. The molecule has 2 aromatic carbocycles. The molecule has 2 aromatic rings. The van der Waals surface area contributed by atoms with Gasteiger partial charge in [-0.15, -0.1) is 0 Å². The Morgan fingerprint density at radius 2 is 1.88 bits per heavy atom. The van der Waals surface area contributed by atoms with Crippen molar-refractivity contribution in [2.75, 3.05) is 19.0 Å². The average Bonchev–Trinajstić information content (AvgIpc) is 2.57. The van der Waals surface area contributed by atoms with Gasteiger partial charge in [0.2, 0.25) is 0 Å². The molecule has 0 radical (unpaired) electrons. The van der Waals surface area contributed by atoms with Gasteiger partial charge in [0.05, 0.1) is 19.9 Å². The van der Waals surface area contributed by atoms with E-state index in [1.165, 1.54) is 11.1 Å². The van der Waals surface area contributed by atoms with E-state index in [2.05, 4.69) is 41.8 Å². The van der Waals surface area contributed by atoms with Gasteiger partial charge in [0.1, 0.15) is 5.75 Å². The van der Waals surface area contributed by atoms with E-state index in [-0.39, 0.29) is 12.5 Å². The minimum Gasteiger partial charge on any atom is -0.497 e. The summed E-state index contributed by atoms with van der Waals surface area (Å²) in [6, 6.07) is 11.6. The molecular formula is C19H23N3O2. The molecule has 0 saturated heterocycles. The Labute approximate surface area is 142 Å². The summed E-state index contributed by atoms with van der Waals surface area (Å²) < 4.78 is 5.14. The Bertz CT molecular complexity index is 754. The minimum atomic E-state index is -0.212. The second-order valence-corrected chi connectivity index (χ2v) is 5.67. The van der Waals surface area contributed by atoms with Gasteiger partial charge in [0.25, 0.3) is 5.91 Å². The zero-order valence-electron chi connectivity index (χ0n) is 14.5. The number of methoxy groups -OCH3 is 1. The number of hydrogen-bond donors (Lipinski definition) is 2. The SMILES string of the molecule is COc1cccc(NCC(=O)N/N=C\c2cc(C)c(C)cc2C)c1. The molecule has 2 N–H and O–H groups in total. The van der Waals surface area contributed by atoms with E-state index in [0.29, 0.717) is 0 Å². The lowest BCUT2D eigenvalue weighted by Crippen LogP contribution is -2.25. The van der Waals surface area contributed by atoms with Gasteiger partial charge in [-0.05, 0) is 61.2 Å². The third-order valence-corrected chi connectivity index (χ3v) is 3.80. The first-order chi connectivity index (χ1) is 11.5. The van der Waals surface area contributed by atoms with Crippen molar-refractivity contribution in [1.82, 2.24) is 5.43 Å². The lowest BCUT2D eigenvalue weighted by Gasteiger charge is -2.07. The second-order valence-electron chi connectivity index (χ2n) is 5.67. The van der Waals surface area contributed by atoms with Crippen molar-refractivity contribution in [2.24, 2.45) is 5.10 Å². The van der Waals surface area contributed by atoms with E-state index in [1.807, 2.05) is 31.2 Å². The Kier molecular flexibility index (Phi) is 5.95. The van der Waals surface area contributed by atoms with Gasteiger partial charge in [0.15, 0.2) is 0 Å². The van der Waals surface area contributed by atoms with E-state index < -0.39 is 0 Å². The summed E-state index contributed by atoms with van der Waals surface area (Å²) in [4.78, 5) is 11.8. The zero-order valence-corrected chi connectivity index (χ0v) is 14.5. The van der Waals surface area contributed by atoms with Crippen LogP contribution in [0.25, 0.3) is 0 Å². The van der Waals surface area contributed by atoms with Crippen LogP contribution in [0.3, 0.4) is 0 Å². The summed E-state index contributed by atoms with van der Waals surface area (Å²) >= 11 is 0. The number of amides is 1. The van der Waals surface area contributed by atoms with E-state index in [0.717, 1.165) is 22.6 Å². The first-order valence-electron chi connectivity index (χ1n) is 7.77. The smallest absolute Gasteiger partial charge is 0.259 e. The quantitative estimate of drug-likeness (QED) is 0.633. The Hall–Kier alpha value is -2.82. The standard InChI is InChI=1S/C19H23N3O2/c1-13-8-15(3)16(9-14(13)2)11-21-22-19(23)12-20-17-6-5-7-18(10-17)24-4/h5-11,20H,12H2,1-4H3,(H,22,23)/b21-11-. The first-order valence-corrected chi connectivity index (χ1v) is 7.77. The number of rotatable bonds is 6. The fourth-order valence-electron chi connectivity index (χ4n) is 2.25. The highest BCUT2D eigenvalue weighted by Gasteiger charge is 2.02. The first kappa shape index (κ1) is 17.5. The van der Waals surface area contributed by atoms with E-state index >= 15 is 0 Å². The number of hydrazone groups is 1. The van der Waals surface area contributed by atoms with Gasteiger partial charge in [-0.3, -0.25) is 4.79 Å². The molecule has 0 spiro atoms. The maximum atomic E-state index is 11.8. The number of nitrogens with one attached hydrogen (secondary N) is 2. The van der Waals surface area contributed by atoms with Crippen molar-refractivity contribution in [2.45, 2.75) is 20.8 Å². The molecule has 0 bridgehead atoms. The topological polar surface area (TPSA) is 62.7 Å². The highest BCUT2D eigenvalue weighted by Crippen LogP contribution is 2.16. The number of aryl methyl sites for hydroxylation is 3. The molecule has 126 valence electrons. The predicted molar refractivity (Wildman–Crippen MR) is 97.9 cm³/mol. The van der Waals surface area contributed by atoms with Crippen molar-refractivity contribution < 1.29 is 9.53 Å². The average molecular weight is 325 g/mol. The molecule has 2 rings (SSSR count). The van der Waals surface area contributed by atoms with E-state index in [9.17, 15) is 4.79 Å². The van der Waals surface area contributed by atoms with Crippen LogP contribution >= 0.6 is 0 Å². The van der Waals surface area contributed by atoms with Crippen LogP contribution in [0, 0.1) is 20.8 Å². The van der Waals surface area contributed by atoms with Crippen LogP contribution in [0.5, 0.6) is 5.75 Å². The van der Waals surface area contributed by atoms with Gasteiger partial charge in [0, 0.05) is 11.8 Å². The number of nitrogens with zero attached hydrogens (tertiary/aromatic N) is 1. The molecule has 0 aliphatic rings. The number of carbonyl (C=O) groups excluding carboxylic acids is 1. The summed E-state index contributed by atoms with van der Waals surface area (Å²) in [6.07, 6.45) is 1.67. The second kappa shape index (κ2) is 8.15. The summed E-state index contributed by atoms with van der Waals surface area (Å²) in [7, 11) is 1.61. The normalized spacial score (nSPS) is 10.7. The molecule has 0 unspecified atom stereocenters. The fourth-order valence-corrected chi connectivity index (χ4v) is 2.25. The van der Waals surface area contributed by atoms with Gasteiger partial charge in [-0.1, -0.05) is 12.1 Å². The molecule has 0 fully saturated rings. The van der Waals surface area contributed by atoms with Crippen molar-refractivity contribution in [3.05, 3.63) is 58.7 Å². The number of hydrogen-bond acceptors (Lipinski definition) is 4. The van der Waals surface area contributed by atoms with Gasteiger partial charge in [-0.2, -0.15) is 5.10 Å². The number of carbonyl (C=O) groups is 1. The fraction of sp³-hybridized carbons (Fsp3) is 0.263. The molecular weight excluding hydrogens is 302 g/mol. The number of benzene rings is 2. The Morgan fingerprint density at radius 1 is 1.12 bits per heavy atom. The third-order valence-electron chi connectivity index (χ3n) is 3.80. The van der Waals surface area contributed by atoms with Crippen LogP contribution in [0.1, 0.15) is 22.3 Å². The predicted octanol–water partition coefficient (Wildman–Crippen LogP) is 3.18. The van der Waals surface area contributed by atoms with E-state index in [1.54, 1.807) is 13.3 Å². The lowest BCUT2D eigenvalue weighted by atomic mass is 10.0. The van der Waals surface area contributed by atoms with Crippen LogP contribution in [0.4, 0.5) is 5.69 Å². The minimum absolute atomic E-state index is 0.135. The lowest BCUT2D eigenvalue weighted by molar-refractivity contribution is -0.119. The number of anilines is 1. The van der Waals surface area contributed by atoms with Gasteiger partial charge >= 0.3 is 0 Å². The maximum absolute atomic E-state index is 11.8. The van der Waals surface area contributed by atoms with Crippen molar-refractivity contribution in [3.63, 3.8) is 0 Å². The summed E-state index contributed by atoms with van der Waals surface area (Å²) in [5, 5.41) is 7.06. The molecule has 0 saturated carbocycles. The molecule has 0 aliphatic heterocycles. The maximum Gasteiger partial charge on any atom is 0.259 e. The molecule has 0 heterocycles. The molecule has 1 amide bonds. The van der Waals surface area contributed by atoms with Gasteiger partial charge in [-0.25, -0.2) is 5.43 Å². The molecule has 0 aromatic heterocycles. The van der Waals surface area contributed by atoms with Crippen LogP contribution < -0.4 is 15.5 Å². The zero-order chi connectivity index (χ0) is 17.5. The van der Waals surface area contributed by atoms with Crippen LogP contribution in [0.2, 0.25) is 0 Å². The third kappa shape index (κ3) is 4.84. The summed E-state index contributed by atoms with van der Waals surface area (Å²) in [6.45, 7) is 6.30. The highest BCUT2D eigenvalue weighted by atomic mass is 16.5. The van der Waals surface area contributed by atoms with Crippen LogP contribution in [-0.4, -0.2) is 25.8 Å². The highest BCUT2D eigenvalue weighted by molar-refractivity contribution is 5.85. The molecule has 24 heavy (non-hydrogen) atoms. The molecule has 5 heteroatoms. The van der Waals surface area contributed by atoms with E-state index in [4.69, 9.17) is 4.74 Å². The molecule has 0 aliphatic carbocycles. The number of ether oxygens (including phenoxy) is 1. The van der Waals surface area contributed by atoms with Crippen LogP contribution in [0.15, 0.2) is 41.5 Å².